The highest BCUT2D eigenvalue weighted by Crippen LogP contribution is 2.49. The third-order valence-corrected chi connectivity index (χ3v) is 4.03. The minimum atomic E-state index is -0.191. The van der Waals surface area contributed by atoms with Crippen molar-refractivity contribution >= 4 is 5.97 Å². The second kappa shape index (κ2) is 4.86. The van der Waals surface area contributed by atoms with Crippen molar-refractivity contribution in [2.75, 3.05) is 6.61 Å². The molecule has 0 spiro atoms. The Bertz CT molecular complexity index is 308. The summed E-state index contributed by atoms with van der Waals surface area (Å²) in [4.78, 5) is 11.6. The van der Waals surface area contributed by atoms with E-state index in [9.17, 15) is 4.79 Å². The van der Waals surface area contributed by atoms with Crippen molar-refractivity contribution < 1.29 is 9.53 Å². The van der Waals surface area contributed by atoms with Crippen LogP contribution in [-0.4, -0.2) is 12.6 Å². The lowest BCUT2D eigenvalue weighted by Crippen LogP contribution is -2.18. The largest absolute Gasteiger partial charge is 0.464 e. The maximum atomic E-state index is 11.6. The van der Waals surface area contributed by atoms with Crippen molar-refractivity contribution in [3.8, 4) is 6.07 Å². The fourth-order valence-electron chi connectivity index (χ4n) is 3.15. The Kier molecular flexibility index (Phi) is 3.48. The van der Waals surface area contributed by atoms with Crippen LogP contribution in [0.3, 0.4) is 0 Å². The minimum Gasteiger partial charge on any atom is -0.464 e. The molecule has 0 aromatic heterocycles. The molecule has 2 saturated carbocycles. The number of carbonyl (C=O) groups excluding carboxylic acids is 1. The van der Waals surface area contributed by atoms with Crippen LogP contribution in [0.5, 0.6) is 0 Å². The maximum absolute atomic E-state index is 11.6. The molecule has 2 rings (SSSR count). The Hall–Kier alpha value is -1.04. The summed E-state index contributed by atoms with van der Waals surface area (Å²) in [6, 6.07) is 2.06. The Morgan fingerprint density at radius 2 is 2.31 bits per heavy atom. The first-order valence-corrected chi connectivity index (χ1v) is 6.24. The minimum absolute atomic E-state index is 0.111. The average molecular weight is 221 g/mol. The van der Waals surface area contributed by atoms with Crippen molar-refractivity contribution in [3.05, 3.63) is 0 Å². The maximum Gasteiger partial charge on any atom is 0.306 e. The van der Waals surface area contributed by atoms with Gasteiger partial charge in [0.2, 0.25) is 0 Å². The van der Waals surface area contributed by atoms with Crippen LogP contribution in [0.1, 0.15) is 39.0 Å². The summed E-state index contributed by atoms with van der Waals surface area (Å²) >= 11 is 0. The molecule has 0 aromatic rings. The Balaban J connectivity index is 1.70. The van der Waals surface area contributed by atoms with Crippen LogP contribution >= 0.6 is 0 Å². The Labute approximate surface area is 96.8 Å². The van der Waals surface area contributed by atoms with E-state index in [0.29, 0.717) is 12.3 Å². The van der Waals surface area contributed by atoms with Crippen molar-refractivity contribution in [1.29, 1.82) is 5.26 Å². The molecule has 0 radical (unpaired) electrons. The first-order valence-electron chi connectivity index (χ1n) is 6.24. The van der Waals surface area contributed by atoms with Crippen LogP contribution in [0.15, 0.2) is 0 Å². The summed E-state index contributed by atoms with van der Waals surface area (Å²) < 4.78 is 5.10. The zero-order valence-electron chi connectivity index (χ0n) is 9.82. The van der Waals surface area contributed by atoms with Crippen LogP contribution in [0.4, 0.5) is 0 Å². The van der Waals surface area contributed by atoms with Crippen molar-refractivity contribution in [3.63, 3.8) is 0 Å². The number of ether oxygens (including phenoxy) is 1. The van der Waals surface area contributed by atoms with Crippen LogP contribution in [0, 0.1) is 35.0 Å². The Morgan fingerprint density at radius 1 is 1.50 bits per heavy atom. The molecule has 88 valence electrons. The molecule has 0 amide bonds. The molecular weight excluding hydrogens is 202 g/mol. The van der Waals surface area contributed by atoms with Gasteiger partial charge >= 0.3 is 5.97 Å². The lowest BCUT2D eigenvalue weighted by Gasteiger charge is -2.20. The zero-order chi connectivity index (χ0) is 11.5. The fourth-order valence-corrected chi connectivity index (χ4v) is 3.15. The van der Waals surface area contributed by atoms with Crippen LogP contribution in [-0.2, 0) is 9.53 Å². The molecule has 2 bridgehead atoms. The number of nitriles is 1. The van der Waals surface area contributed by atoms with Gasteiger partial charge in [0, 0.05) is 6.42 Å². The normalized spacial score (nSPS) is 33.4. The highest BCUT2D eigenvalue weighted by molar-refractivity contribution is 5.69. The molecule has 3 heteroatoms. The predicted molar refractivity (Wildman–Crippen MR) is 59.3 cm³/mol. The molecule has 0 aliphatic heterocycles. The smallest absolute Gasteiger partial charge is 0.306 e. The molecule has 0 unspecified atom stereocenters. The monoisotopic (exact) mass is 221 g/mol. The molecule has 2 aliphatic rings. The SMILES string of the molecule is C[C@@H](C#N)COC(=O)C[C@H]1C[C@H]2CC[C@H]1C2. The molecule has 4 atom stereocenters. The summed E-state index contributed by atoms with van der Waals surface area (Å²) in [6.45, 7) is 2.01. The highest BCUT2D eigenvalue weighted by atomic mass is 16.5. The van der Waals surface area contributed by atoms with E-state index >= 15 is 0 Å². The number of nitrogens with zero attached hydrogens (tertiary/aromatic N) is 1. The van der Waals surface area contributed by atoms with E-state index in [0.717, 1.165) is 11.8 Å². The first kappa shape index (κ1) is 11.4. The number of rotatable bonds is 4. The van der Waals surface area contributed by atoms with E-state index < -0.39 is 0 Å². The van der Waals surface area contributed by atoms with Crippen LogP contribution in [0.25, 0.3) is 0 Å². The molecule has 2 aliphatic carbocycles. The number of esters is 1. The molecule has 3 nitrogen and oxygen atoms in total. The summed E-state index contributed by atoms with van der Waals surface area (Å²) in [5.74, 6) is 1.90. The number of carbonyl (C=O) groups is 1. The third-order valence-electron chi connectivity index (χ3n) is 4.03. The van der Waals surface area contributed by atoms with Crippen molar-refractivity contribution in [1.82, 2.24) is 0 Å². The van der Waals surface area contributed by atoms with Gasteiger partial charge in [0.25, 0.3) is 0 Å². The molecule has 0 N–H and O–H groups in total. The summed E-state index contributed by atoms with van der Waals surface area (Å²) in [5.41, 5.74) is 0. The highest BCUT2D eigenvalue weighted by Gasteiger charge is 2.40. The fraction of sp³-hybridized carbons (Fsp3) is 0.846. The van der Waals surface area contributed by atoms with Gasteiger partial charge in [0.15, 0.2) is 0 Å². The van der Waals surface area contributed by atoms with Gasteiger partial charge in [-0.15, -0.1) is 0 Å². The predicted octanol–water partition coefficient (Wildman–Crippen LogP) is 2.52. The molecule has 16 heavy (non-hydrogen) atoms. The molecule has 0 aromatic carbocycles. The third kappa shape index (κ3) is 2.55. The number of hydrogen-bond donors (Lipinski definition) is 0. The van der Waals surface area contributed by atoms with E-state index in [2.05, 4.69) is 6.07 Å². The van der Waals surface area contributed by atoms with Gasteiger partial charge in [0.05, 0.1) is 12.0 Å². The van der Waals surface area contributed by atoms with Crippen LogP contribution < -0.4 is 0 Å². The molecule has 0 saturated heterocycles. The molecular formula is C13H19NO2. The van der Waals surface area contributed by atoms with Crippen molar-refractivity contribution in [2.24, 2.45) is 23.7 Å². The quantitative estimate of drug-likeness (QED) is 0.685. The summed E-state index contributed by atoms with van der Waals surface area (Å²) in [7, 11) is 0. The van der Waals surface area contributed by atoms with Gasteiger partial charge < -0.3 is 4.74 Å². The van der Waals surface area contributed by atoms with E-state index in [-0.39, 0.29) is 18.5 Å². The van der Waals surface area contributed by atoms with E-state index in [1.54, 1.807) is 6.92 Å². The van der Waals surface area contributed by atoms with E-state index in [1.807, 2.05) is 0 Å². The number of hydrogen-bond acceptors (Lipinski definition) is 3. The molecule has 0 heterocycles. The second-order valence-corrected chi connectivity index (χ2v) is 5.35. The lowest BCUT2D eigenvalue weighted by molar-refractivity contribution is -0.145. The van der Waals surface area contributed by atoms with Gasteiger partial charge in [0.1, 0.15) is 6.61 Å². The van der Waals surface area contributed by atoms with Crippen LogP contribution in [0.2, 0.25) is 0 Å². The summed E-state index contributed by atoms with van der Waals surface area (Å²) in [5, 5.41) is 8.58. The van der Waals surface area contributed by atoms with E-state index in [4.69, 9.17) is 10.00 Å². The molecule has 2 fully saturated rings. The van der Waals surface area contributed by atoms with Gasteiger partial charge in [-0.05, 0) is 43.9 Å². The first-order chi connectivity index (χ1) is 7.69. The summed E-state index contributed by atoms with van der Waals surface area (Å²) in [6.07, 6.45) is 5.78. The van der Waals surface area contributed by atoms with Crippen molar-refractivity contribution in [2.45, 2.75) is 39.0 Å². The van der Waals surface area contributed by atoms with E-state index in [1.165, 1.54) is 25.7 Å². The zero-order valence-corrected chi connectivity index (χ0v) is 9.82. The lowest BCUT2D eigenvalue weighted by atomic mass is 9.86. The Morgan fingerprint density at radius 3 is 2.88 bits per heavy atom. The average Bonchev–Trinajstić information content (AvgIpc) is 2.87. The number of fused-ring (bicyclic) bond motifs is 2. The topological polar surface area (TPSA) is 50.1 Å². The second-order valence-electron chi connectivity index (χ2n) is 5.35. The van der Waals surface area contributed by atoms with Gasteiger partial charge in [-0.25, -0.2) is 0 Å². The van der Waals surface area contributed by atoms with Gasteiger partial charge in [-0.1, -0.05) is 6.42 Å². The van der Waals surface area contributed by atoms with Gasteiger partial charge in [-0.3, -0.25) is 4.79 Å². The standard InChI is InChI=1S/C13H19NO2/c1-9(7-14)8-16-13(15)6-12-5-10-2-3-11(12)4-10/h9-12H,2-6,8H2,1H3/t9-,10-,11-,12+/m0/s1. The van der Waals surface area contributed by atoms with Gasteiger partial charge in [-0.2, -0.15) is 5.26 Å².